The maximum atomic E-state index is 11.7. The van der Waals surface area contributed by atoms with Crippen molar-refractivity contribution in [3.05, 3.63) is 23.5 Å². The van der Waals surface area contributed by atoms with Gasteiger partial charge in [0, 0.05) is 6.20 Å². The van der Waals surface area contributed by atoms with E-state index in [0.29, 0.717) is 0 Å². The Hall–Kier alpha value is -1.50. The molecule has 0 atom stereocenters. The molecule has 1 heterocycles. The molecule has 0 bridgehead atoms. The summed E-state index contributed by atoms with van der Waals surface area (Å²) in [6.45, 7) is 0. The van der Waals surface area contributed by atoms with Crippen molar-refractivity contribution in [2.45, 2.75) is 6.30 Å². The van der Waals surface area contributed by atoms with Crippen LogP contribution in [0.1, 0.15) is 0 Å². The minimum Gasteiger partial charge on any atom is -0.305 e. The molecular formula is C7H5ClF3N3O. The quantitative estimate of drug-likeness (QED) is 0.584. The van der Waals surface area contributed by atoms with E-state index >= 15 is 0 Å². The summed E-state index contributed by atoms with van der Waals surface area (Å²) in [5.74, 6) is 0. The predicted molar refractivity (Wildman–Crippen MR) is 47.5 cm³/mol. The van der Waals surface area contributed by atoms with Crippen molar-refractivity contribution in [2.24, 2.45) is 0 Å². The van der Waals surface area contributed by atoms with Crippen LogP contribution in [0.3, 0.4) is 0 Å². The van der Waals surface area contributed by atoms with Gasteiger partial charge in [0.05, 0.1) is 5.69 Å². The number of hydrogen-bond acceptors (Lipinski definition) is 2. The van der Waals surface area contributed by atoms with E-state index in [4.69, 9.17) is 11.6 Å². The molecule has 0 radical (unpaired) electrons. The minimum absolute atomic E-state index is 0.000849. The largest absolute Gasteiger partial charge is 0.485 e. The van der Waals surface area contributed by atoms with E-state index in [2.05, 4.69) is 4.98 Å². The molecule has 0 saturated heterocycles. The van der Waals surface area contributed by atoms with Gasteiger partial charge in [-0.15, -0.1) is 0 Å². The zero-order chi connectivity index (χ0) is 11.5. The second-order valence-electron chi connectivity index (χ2n) is 2.42. The highest BCUT2D eigenvalue weighted by Crippen LogP contribution is 2.17. The third-order valence-corrected chi connectivity index (χ3v) is 1.56. The normalized spacial score (nSPS) is 10.9. The maximum absolute atomic E-state index is 11.7. The third-order valence-electron chi connectivity index (χ3n) is 1.26. The lowest BCUT2D eigenvalue weighted by molar-refractivity contribution is -0.144. The number of halogens is 4. The van der Waals surface area contributed by atoms with Crippen molar-refractivity contribution in [2.75, 3.05) is 5.32 Å². The number of aromatic nitrogens is 1. The Morgan fingerprint density at radius 3 is 2.67 bits per heavy atom. The molecule has 0 aliphatic heterocycles. The van der Waals surface area contributed by atoms with Gasteiger partial charge in [0.25, 0.3) is 0 Å². The van der Waals surface area contributed by atoms with E-state index in [1.54, 1.807) is 0 Å². The van der Waals surface area contributed by atoms with E-state index in [-0.39, 0.29) is 10.8 Å². The summed E-state index contributed by atoms with van der Waals surface area (Å²) in [5, 5.41) is 2.57. The molecule has 0 spiro atoms. The maximum Gasteiger partial charge on any atom is 0.485 e. The number of nitrogens with one attached hydrogen (secondary N) is 2. The molecule has 0 fully saturated rings. The van der Waals surface area contributed by atoms with Crippen LogP contribution in [0.5, 0.6) is 0 Å². The number of hydrogen-bond donors (Lipinski definition) is 2. The first kappa shape index (κ1) is 11.6. The average Bonchev–Trinajstić information content (AvgIpc) is 2.05. The fourth-order valence-electron chi connectivity index (χ4n) is 0.762. The van der Waals surface area contributed by atoms with Gasteiger partial charge in [0.2, 0.25) is 0 Å². The molecule has 0 aliphatic carbocycles. The smallest absolute Gasteiger partial charge is 0.305 e. The predicted octanol–water partition coefficient (Wildman–Crippen LogP) is 2.38. The van der Waals surface area contributed by atoms with Gasteiger partial charge in [-0.05, 0) is 12.1 Å². The van der Waals surface area contributed by atoms with Gasteiger partial charge in [-0.25, -0.2) is 15.1 Å². The molecule has 15 heavy (non-hydrogen) atoms. The van der Waals surface area contributed by atoms with Gasteiger partial charge >= 0.3 is 12.3 Å². The third kappa shape index (κ3) is 4.03. The molecule has 1 rings (SSSR count). The molecule has 0 saturated carbocycles. The van der Waals surface area contributed by atoms with Gasteiger partial charge in [0.15, 0.2) is 5.15 Å². The monoisotopic (exact) mass is 239 g/mol. The molecule has 2 amide bonds. The number of alkyl halides is 3. The van der Waals surface area contributed by atoms with Crippen LogP contribution >= 0.6 is 11.6 Å². The summed E-state index contributed by atoms with van der Waals surface area (Å²) >= 11 is 5.50. The molecule has 82 valence electrons. The Bertz CT molecular complexity index is 369. The zero-order valence-electron chi connectivity index (χ0n) is 7.10. The van der Waals surface area contributed by atoms with Crippen LogP contribution in [0.25, 0.3) is 0 Å². The van der Waals surface area contributed by atoms with Crippen LogP contribution in [-0.2, 0) is 0 Å². The van der Waals surface area contributed by atoms with Crippen LogP contribution in [0.2, 0.25) is 5.15 Å². The van der Waals surface area contributed by atoms with Gasteiger partial charge < -0.3 is 5.32 Å². The lowest BCUT2D eigenvalue weighted by Crippen LogP contribution is -2.40. The lowest BCUT2D eigenvalue weighted by atomic mass is 10.4. The second-order valence-corrected chi connectivity index (χ2v) is 2.78. The fourth-order valence-corrected chi connectivity index (χ4v) is 0.928. The van der Waals surface area contributed by atoms with Gasteiger partial charge in [-0.1, -0.05) is 11.6 Å². The Balaban J connectivity index is 2.64. The van der Waals surface area contributed by atoms with Crippen LogP contribution in [0, 0.1) is 0 Å². The SMILES string of the molecule is O=C(Nc1cccnc1Cl)NC(F)(F)F. The summed E-state index contributed by atoms with van der Waals surface area (Å²) < 4.78 is 35.1. The van der Waals surface area contributed by atoms with Gasteiger partial charge in [-0.3, -0.25) is 0 Å². The van der Waals surface area contributed by atoms with Crippen LogP contribution < -0.4 is 10.6 Å². The molecular weight excluding hydrogens is 235 g/mol. The first-order valence-electron chi connectivity index (χ1n) is 3.65. The molecule has 1 aromatic rings. The number of rotatable bonds is 1. The Morgan fingerprint density at radius 2 is 2.13 bits per heavy atom. The van der Waals surface area contributed by atoms with Crippen molar-refractivity contribution < 1.29 is 18.0 Å². The number of carbonyl (C=O) groups excluding carboxylic acids is 1. The number of anilines is 1. The number of pyridine rings is 1. The summed E-state index contributed by atoms with van der Waals surface area (Å²) in [5.41, 5.74) is 0.000849. The van der Waals surface area contributed by atoms with Crippen LogP contribution in [-0.4, -0.2) is 17.3 Å². The van der Waals surface area contributed by atoms with Crippen molar-refractivity contribution in [3.8, 4) is 0 Å². The van der Waals surface area contributed by atoms with Crippen molar-refractivity contribution >= 4 is 23.3 Å². The van der Waals surface area contributed by atoms with E-state index in [1.807, 2.05) is 5.32 Å². The van der Waals surface area contributed by atoms with Gasteiger partial charge in [0.1, 0.15) is 0 Å². The van der Waals surface area contributed by atoms with Crippen LogP contribution in [0.4, 0.5) is 23.7 Å². The molecule has 0 aliphatic rings. The Morgan fingerprint density at radius 1 is 1.47 bits per heavy atom. The first-order chi connectivity index (χ1) is 6.88. The summed E-state index contributed by atoms with van der Waals surface area (Å²) in [4.78, 5) is 14.3. The topological polar surface area (TPSA) is 54.0 Å². The summed E-state index contributed by atoms with van der Waals surface area (Å²) in [7, 11) is 0. The van der Waals surface area contributed by atoms with Crippen molar-refractivity contribution in [1.82, 2.24) is 10.3 Å². The average molecular weight is 240 g/mol. The van der Waals surface area contributed by atoms with E-state index in [0.717, 1.165) is 5.32 Å². The van der Waals surface area contributed by atoms with E-state index in [1.165, 1.54) is 18.3 Å². The number of urea groups is 1. The number of nitrogens with zero attached hydrogens (tertiary/aromatic N) is 1. The minimum atomic E-state index is -4.78. The van der Waals surface area contributed by atoms with E-state index in [9.17, 15) is 18.0 Å². The molecule has 8 heteroatoms. The molecule has 4 nitrogen and oxygen atoms in total. The fraction of sp³-hybridized carbons (Fsp3) is 0.143. The standard InChI is InChI=1S/C7H5ClF3N3O/c8-5-4(2-1-3-12-5)13-6(15)14-7(9,10)11/h1-3H,(H2,13,14,15). The summed E-state index contributed by atoms with van der Waals surface area (Å²) in [6, 6.07) is 1.33. The van der Waals surface area contributed by atoms with Crippen molar-refractivity contribution in [1.29, 1.82) is 0 Å². The molecule has 1 aromatic heterocycles. The number of amides is 2. The number of carbonyl (C=O) groups is 1. The molecule has 2 N–H and O–H groups in total. The van der Waals surface area contributed by atoms with Gasteiger partial charge in [-0.2, -0.15) is 13.2 Å². The Kier molecular flexibility index (Phi) is 3.35. The molecule has 0 unspecified atom stereocenters. The molecule has 0 aromatic carbocycles. The highest BCUT2D eigenvalue weighted by Gasteiger charge is 2.30. The van der Waals surface area contributed by atoms with Crippen LogP contribution in [0.15, 0.2) is 18.3 Å². The first-order valence-corrected chi connectivity index (χ1v) is 4.03. The zero-order valence-corrected chi connectivity index (χ0v) is 7.86. The lowest BCUT2D eigenvalue weighted by Gasteiger charge is -2.10. The summed E-state index contributed by atoms with van der Waals surface area (Å²) in [6.07, 6.45) is -3.44. The second kappa shape index (κ2) is 4.35. The van der Waals surface area contributed by atoms with E-state index < -0.39 is 12.3 Å². The Labute approximate surface area is 87.4 Å². The highest BCUT2D eigenvalue weighted by molar-refractivity contribution is 6.32. The van der Waals surface area contributed by atoms with Crippen molar-refractivity contribution in [3.63, 3.8) is 0 Å². The highest BCUT2D eigenvalue weighted by atomic mass is 35.5.